The smallest absolute Gasteiger partial charge is 0.224 e. The number of halogens is 2. The number of hydrogen-bond donors (Lipinski definition) is 1. The Kier molecular flexibility index (Phi) is 3.16. The van der Waals surface area contributed by atoms with Gasteiger partial charge in [0.2, 0.25) is 5.95 Å². The maximum Gasteiger partial charge on any atom is 0.224 e. The summed E-state index contributed by atoms with van der Waals surface area (Å²) in [4.78, 5) is 0. The lowest BCUT2D eigenvalue weighted by Crippen LogP contribution is -1.99. The Bertz CT molecular complexity index is 524. The number of nitrogens with zero attached hydrogens (tertiary/aromatic N) is 3. The molecule has 2 aromatic rings. The van der Waals surface area contributed by atoms with Crippen LogP contribution in [0.3, 0.4) is 0 Å². The molecule has 0 fully saturated rings. The van der Waals surface area contributed by atoms with Crippen LogP contribution in [0.15, 0.2) is 22.7 Å². The summed E-state index contributed by atoms with van der Waals surface area (Å²) in [5.74, 6) is 1.43. The van der Waals surface area contributed by atoms with Crippen molar-refractivity contribution in [1.29, 1.82) is 0 Å². The van der Waals surface area contributed by atoms with Gasteiger partial charge in [-0.3, -0.25) is 4.57 Å². The second kappa shape index (κ2) is 4.43. The number of nitrogens with one attached hydrogen (secondary N) is 1. The van der Waals surface area contributed by atoms with E-state index in [4.69, 9.17) is 11.6 Å². The second-order valence-corrected chi connectivity index (χ2v) is 4.60. The molecule has 0 amide bonds. The van der Waals surface area contributed by atoms with Crippen molar-refractivity contribution in [1.82, 2.24) is 14.8 Å². The van der Waals surface area contributed by atoms with Crippen molar-refractivity contribution in [2.45, 2.75) is 0 Å². The summed E-state index contributed by atoms with van der Waals surface area (Å²) in [6, 6.07) is 5.64. The summed E-state index contributed by atoms with van der Waals surface area (Å²) < 4.78 is 2.81. The van der Waals surface area contributed by atoms with Crippen molar-refractivity contribution in [3.8, 4) is 11.4 Å². The molecular weight excluding hydrogens is 291 g/mol. The third kappa shape index (κ3) is 1.92. The first-order valence-electron chi connectivity index (χ1n) is 4.66. The van der Waals surface area contributed by atoms with Gasteiger partial charge in [-0.1, -0.05) is 27.5 Å². The van der Waals surface area contributed by atoms with Gasteiger partial charge in [-0.05, 0) is 18.2 Å². The molecule has 1 aromatic carbocycles. The standard InChI is InChI=1S/C10H10BrClN4/c1-13-10-15-14-9(16(10)2)7-5-6(11)3-4-8(7)12/h3-5H,1-2H3,(H,13,15). The molecular formula is C10H10BrClN4. The fourth-order valence-corrected chi connectivity index (χ4v) is 2.01. The van der Waals surface area contributed by atoms with Crippen molar-refractivity contribution in [3.05, 3.63) is 27.7 Å². The van der Waals surface area contributed by atoms with Crippen LogP contribution in [-0.4, -0.2) is 21.8 Å². The molecule has 4 nitrogen and oxygen atoms in total. The summed E-state index contributed by atoms with van der Waals surface area (Å²) in [6.07, 6.45) is 0. The summed E-state index contributed by atoms with van der Waals surface area (Å²) >= 11 is 9.54. The number of anilines is 1. The fraction of sp³-hybridized carbons (Fsp3) is 0.200. The first-order chi connectivity index (χ1) is 7.63. The van der Waals surface area contributed by atoms with Crippen LogP contribution in [0.2, 0.25) is 5.02 Å². The zero-order valence-corrected chi connectivity index (χ0v) is 11.2. The Labute approximate surface area is 107 Å². The largest absolute Gasteiger partial charge is 0.357 e. The van der Waals surface area contributed by atoms with Gasteiger partial charge >= 0.3 is 0 Å². The van der Waals surface area contributed by atoms with E-state index in [1.165, 1.54) is 0 Å². The summed E-state index contributed by atoms with van der Waals surface area (Å²) in [5.41, 5.74) is 0.854. The van der Waals surface area contributed by atoms with Gasteiger partial charge in [0, 0.05) is 24.1 Å². The predicted octanol–water partition coefficient (Wildman–Crippen LogP) is 2.94. The topological polar surface area (TPSA) is 42.7 Å². The third-order valence-corrected chi connectivity index (χ3v) is 3.09. The highest BCUT2D eigenvalue weighted by molar-refractivity contribution is 9.10. The minimum Gasteiger partial charge on any atom is -0.357 e. The average Bonchev–Trinajstić information content (AvgIpc) is 2.63. The van der Waals surface area contributed by atoms with Gasteiger partial charge in [-0.25, -0.2) is 0 Å². The van der Waals surface area contributed by atoms with E-state index in [2.05, 4.69) is 31.4 Å². The van der Waals surface area contributed by atoms with Crippen LogP contribution in [0.5, 0.6) is 0 Å². The van der Waals surface area contributed by atoms with Gasteiger partial charge in [0.1, 0.15) is 0 Å². The summed E-state index contributed by atoms with van der Waals surface area (Å²) in [6.45, 7) is 0. The minimum absolute atomic E-state index is 0.654. The van der Waals surface area contributed by atoms with E-state index in [0.29, 0.717) is 11.0 Å². The molecule has 0 bridgehead atoms. The van der Waals surface area contributed by atoms with E-state index < -0.39 is 0 Å². The fourth-order valence-electron chi connectivity index (χ4n) is 1.45. The van der Waals surface area contributed by atoms with E-state index in [1.54, 1.807) is 7.05 Å². The SMILES string of the molecule is CNc1nnc(-c2cc(Br)ccc2Cl)n1C. The van der Waals surface area contributed by atoms with Crippen LogP contribution in [0, 0.1) is 0 Å². The highest BCUT2D eigenvalue weighted by Gasteiger charge is 2.12. The number of benzene rings is 1. The van der Waals surface area contributed by atoms with Gasteiger partial charge in [0.05, 0.1) is 5.02 Å². The molecule has 0 aliphatic carbocycles. The molecule has 84 valence electrons. The molecule has 6 heteroatoms. The molecule has 0 saturated heterocycles. The normalized spacial score (nSPS) is 10.5. The van der Waals surface area contributed by atoms with Crippen LogP contribution in [0.1, 0.15) is 0 Å². The van der Waals surface area contributed by atoms with E-state index in [1.807, 2.05) is 29.8 Å². The molecule has 0 atom stereocenters. The monoisotopic (exact) mass is 300 g/mol. The molecule has 1 aromatic heterocycles. The molecule has 0 spiro atoms. The van der Waals surface area contributed by atoms with Crippen molar-refractivity contribution < 1.29 is 0 Å². The summed E-state index contributed by atoms with van der Waals surface area (Å²) in [7, 11) is 3.69. The van der Waals surface area contributed by atoms with E-state index in [9.17, 15) is 0 Å². The molecule has 0 aliphatic rings. The number of rotatable bonds is 2. The number of hydrogen-bond acceptors (Lipinski definition) is 3. The molecule has 16 heavy (non-hydrogen) atoms. The maximum absolute atomic E-state index is 6.13. The summed E-state index contributed by atoms with van der Waals surface area (Å²) in [5, 5.41) is 11.7. The van der Waals surface area contributed by atoms with Crippen molar-refractivity contribution in [3.63, 3.8) is 0 Å². The van der Waals surface area contributed by atoms with Crippen LogP contribution >= 0.6 is 27.5 Å². The van der Waals surface area contributed by atoms with E-state index >= 15 is 0 Å². The van der Waals surface area contributed by atoms with E-state index in [-0.39, 0.29) is 0 Å². The lowest BCUT2D eigenvalue weighted by Gasteiger charge is -2.05. The second-order valence-electron chi connectivity index (χ2n) is 3.28. The molecule has 1 N–H and O–H groups in total. The minimum atomic E-state index is 0.654. The zero-order valence-electron chi connectivity index (χ0n) is 8.83. The lowest BCUT2D eigenvalue weighted by molar-refractivity contribution is 0.925. The Hall–Kier alpha value is -1.07. The quantitative estimate of drug-likeness (QED) is 0.927. The maximum atomic E-state index is 6.13. The predicted molar refractivity (Wildman–Crippen MR) is 68.7 cm³/mol. The van der Waals surface area contributed by atoms with E-state index in [0.717, 1.165) is 15.9 Å². The van der Waals surface area contributed by atoms with Gasteiger partial charge < -0.3 is 5.32 Å². The van der Waals surface area contributed by atoms with Crippen LogP contribution in [0.25, 0.3) is 11.4 Å². The lowest BCUT2D eigenvalue weighted by atomic mass is 10.2. The Balaban J connectivity index is 2.58. The first kappa shape index (κ1) is 11.4. The molecule has 0 saturated carbocycles. The van der Waals surface area contributed by atoms with Crippen molar-refractivity contribution >= 4 is 33.5 Å². The Morgan fingerprint density at radius 3 is 2.75 bits per heavy atom. The zero-order chi connectivity index (χ0) is 11.7. The first-order valence-corrected chi connectivity index (χ1v) is 5.83. The van der Waals surface area contributed by atoms with Crippen molar-refractivity contribution in [2.75, 3.05) is 12.4 Å². The van der Waals surface area contributed by atoms with Gasteiger partial charge in [0.25, 0.3) is 0 Å². The van der Waals surface area contributed by atoms with Gasteiger partial charge in [-0.15, -0.1) is 10.2 Å². The van der Waals surface area contributed by atoms with Gasteiger partial charge in [-0.2, -0.15) is 0 Å². The molecule has 0 unspecified atom stereocenters. The highest BCUT2D eigenvalue weighted by atomic mass is 79.9. The van der Waals surface area contributed by atoms with Crippen molar-refractivity contribution in [2.24, 2.45) is 7.05 Å². The molecule has 0 aliphatic heterocycles. The molecule has 0 radical (unpaired) electrons. The highest BCUT2D eigenvalue weighted by Crippen LogP contribution is 2.29. The third-order valence-electron chi connectivity index (χ3n) is 2.27. The van der Waals surface area contributed by atoms with Crippen LogP contribution in [0.4, 0.5) is 5.95 Å². The average molecular weight is 302 g/mol. The molecule has 2 rings (SSSR count). The number of aromatic nitrogens is 3. The van der Waals surface area contributed by atoms with Crippen LogP contribution < -0.4 is 5.32 Å². The Morgan fingerprint density at radius 2 is 2.12 bits per heavy atom. The molecule has 1 heterocycles. The Morgan fingerprint density at radius 1 is 1.38 bits per heavy atom. The van der Waals surface area contributed by atoms with Crippen LogP contribution in [-0.2, 0) is 7.05 Å². The van der Waals surface area contributed by atoms with Gasteiger partial charge in [0.15, 0.2) is 5.82 Å².